The summed E-state index contributed by atoms with van der Waals surface area (Å²) in [6.07, 6.45) is -4.61. The van der Waals surface area contributed by atoms with E-state index >= 15 is 0 Å². The molecule has 0 aliphatic heterocycles. The maximum atomic E-state index is 13.3. The van der Waals surface area contributed by atoms with Gasteiger partial charge < -0.3 is 4.55 Å². The Morgan fingerprint density at radius 1 is 1.15 bits per heavy atom. The quantitative estimate of drug-likeness (QED) is 0.677. The molecule has 0 saturated carbocycles. The summed E-state index contributed by atoms with van der Waals surface area (Å²) >= 11 is -1.46. The normalized spacial score (nSPS) is 16.1. The Morgan fingerprint density at radius 3 is 2.15 bits per heavy atom. The minimum atomic E-state index is -4.61. The molecule has 114 valence electrons. The molecule has 0 aromatic heterocycles. The van der Waals surface area contributed by atoms with Crippen LogP contribution in [0.15, 0.2) is 18.2 Å². The van der Waals surface area contributed by atoms with E-state index in [1.54, 1.807) is 27.7 Å². The molecule has 0 spiro atoms. The molecule has 20 heavy (non-hydrogen) atoms. The molecule has 0 aliphatic rings. The molecule has 0 radical (unpaired) electrons. The van der Waals surface area contributed by atoms with Crippen LogP contribution in [0.5, 0.6) is 0 Å². The number of nitrogens with one attached hydrogen (secondary N) is 1. The fourth-order valence-corrected chi connectivity index (χ4v) is 2.24. The van der Waals surface area contributed by atoms with Gasteiger partial charge in [-0.3, -0.25) is 0 Å². The molecule has 1 rings (SSSR count). The molecule has 1 aromatic carbocycles. The Bertz CT molecular complexity index is 470. The molecule has 2 nitrogen and oxygen atoms in total. The van der Waals surface area contributed by atoms with Gasteiger partial charge in [0.15, 0.2) is 0 Å². The highest BCUT2D eigenvalue weighted by Crippen LogP contribution is 2.32. The van der Waals surface area contributed by atoms with Crippen molar-refractivity contribution in [2.45, 2.75) is 44.7 Å². The molecular formula is C13H17F4NOS. The number of halogens is 4. The number of alkyl halides is 3. The second-order valence-corrected chi connectivity index (χ2v) is 7.49. The van der Waals surface area contributed by atoms with Crippen LogP contribution in [0.3, 0.4) is 0 Å². The van der Waals surface area contributed by atoms with E-state index in [9.17, 15) is 22.1 Å². The molecule has 0 bridgehead atoms. The Labute approximate surface area is 118 Å². The van der Waals surface area contributed by atoms with Crippen molar-refractivity contribution in [3.05, 3.63) is 35.1 Å². The summed E-state index contributed by atoms with van der Waals surface area (Å²) in [6.45, 7) is 6.74. The SMILES string of the molecule is C[C@H](N[S@@+]([O-])C(C)(C)C)c1cc(F)cc(C(F)(F)F)c1. The van der Waals surface area contributed by atoms with Crippen LogP contribution < -0.4 is 4.72 Å². The van der Waals surface area contributed by atoms with Crippen molar-refractivity contribution in [1.29, 1.82) is 0 Å². The first-order valence-corrected chi connectivity index (χ1v) is 7.12. The van der Waals surface area contributed by atoms with Crippen LogP contribution >= 0.6 is 0 Å². The van der Waals surface area contributed by atoms with Gasteiger partial charge in [-0.05, 0) is 51.5 Å². The highest BCUT2D eigenvalue weighted by molar-refractivity contribution is 7.90. The average Bonchev–Trinajstić information content (AvgIpc) is 2.25. The van der Waals surface area contributed by atoms with E-state index < -0.39 is 39.7 Å². The van der Waals surface area contributed by atoms with Gasteiger partial charge in [-0.1, -0.05) is 0 Å². The fourth-order valence-electron chi connectivity index (χ4n) is 1.43. The summed E-state index contributed by atoms with van der Waals surface area (Å²) in [5.74, 6) is -0.968. The van der Waals surface area contributed by atoms with E-state index in [4.69, 9.17) is 0 Å². The molecule has 0 saturated heterocycles. The highest BCUT2D eigenvalue weighted by Gasteiger charge is 2.33. The van der Waals surface area contributed by atoms with E-state index in [1.165, 1.54) is 0 Å². The van der Waals surface area contributed by atoms with Crippen molar-refractivity contribution in [1.82, 2.24) is 4.72 Å². The molecular weight excluding hydrogens is 294 g/mol. The third-order valence-corrected chi connectivity index (χ3v) is 4.27. The van der Waals surface area contributed by atoms with Gasteiger partial charge in [0.25, 0.3) is 0 Å². The van der Waals surface area contributed by atoms with Gasteiger partial charge in [0.1, 0.15) is 10.6 Å². The molecule has 7 heteroatoms. The number of hydrogen-bond donors (Lipinski definition) is 1. The van der Waals surface area contributed by atoms with Gasteiger partial charge >= 0.3 is 6.18 Å². The molecule has 0 amide bonds. The Kier molecular flexibility index (Phi) is 5.10. The van der Waals surface area contributed by atoms with Crippen molar-refractivity contribution in [3.8, 4) is 0 Å². The number of hydrogen-bond acceptors (Lipinski definition) is 2. The van der Waals surface area contributed by atoms with Crippen LogP contribution in [0.25, 0.3) is 0 Å². The average molecular weight is 311 g/mol. The predicted molar refractivity (Wildman–Crippen MR) is 70.8 cm³/mol. The van der Waals surface area contributed by atoms with Gasteiger partial charge in [0.05, 0.1) is 11.6 Å². The first kappa shape index (κ1) is 17.3. The molecule has 1 N–H and O–H groups in total. The van der Waals surface area contributed by atoms with Crippen LogP contribution in [0.4, 0.5) is 17.6 Å². The lowest BCUT2D eigenvalue weighted by atomic mass is 10.1. The van der Waals surface area contributed by atoms with Crippen molar-refractivity contribution >= 4 is 11.4 Å². The maximum Gasteiger partial charge on any atom is 0.416 e. The number of benzene rings is 1. The maximum absolute atomic E-state index is 13.3. The van der Waals surface area contributed by atoms with Gasteiger partial charge in [0.2, 0.25) is 0 Å². The third kappa shape index (κ3) is 4.64. The van der Waals surface area contributed by atoms with Crippen LogP contribution in [0, 0.1) is 5.82 Å². The van der Waals surface area contributed by atoms with Gasteiger partial charge in [0, 0.05) is 11.4 Å². The molecule has 1 aromatic rings. The van der Waals surface area contributed by atoms with E-state index in [1.807, 2.05) is 0 Å². The monoisotopic (exact) mass is 311 g/mol. The lowest BCUT2D eigenvalue weighted by Gasteiger charge is -2.26. The Morgan fingerprint density at radius 2 is 1.70 bits per heavy atom. The lowest BCUT2D eigenvalue weighted by Crippen LogP contribution is -2.40. The summed E-state index contributed by atoms with van der Waals surface area (Å²) in [4.78, 5) is 0. The molecule has 0 aliphatic carbocycles. The van der Waals surface area contributed by atoms with Gasteiger partial charge in [-0.2, -0.15) is 13.2 Å². The van der Waals surface area contributed by atoms with Gasteiger partial charge in [-0.15, -0.1) is 4.72 Å². The van der Waals surface area contributed by atoms with E-state index in [0.29, 0.717) is 6.07 Å². The standard InChI is InChI=1S/C13H17F4NOS/c1-8(18-20(19)12(2,3)4)9-5-10(13(15,16)17)7-11(14)6-9/h5-8,18H,1-4H3/t8-,20-/m0/s1. The van der Waals surface area contributed by atoms with Crippen molar-refractivity contribution < 1.29 is 22.1 Å². The van der Waals surface area contributed by atoms with E-state index in [-0.39, 0.29) is 5.56 Å². The molecule has 0 unspecified atom stereocenters. The lowest BCUT2D eigenvalue weighted by molar-refractivity contribution is -0.137. The second-order valence-electron chi connectivity index (χ2n) is 5.49. The van der Waals surface area contributed by atoms with Crippen molar-refractivity contribution in [2.75, 3.05) is 0 Å². The minimum Gasteiger partial charge on any atom is -0.598 e. The Hall–Kier alpha value is -0.790. The summed E-state index contributed by atoms with van der Waals surface area (Å²) in [5, 5.41) is 0. The molecule has 0 fully saturated rings. The van der Waals surface area contributed by atoms with Crippen molar-refractivity contribution in [2.24, 2.45) is 0 Å². The topological polar surface area (TPSA) is 35.1 Å². The highest BCUT2D eigenvalue weighted by atomic mass is 32.2. The summed E-state index contributed by atoms with van der Waals surface area (Å²) in [5.41, 5.74) is -0.947. The van der Waals surface area contributed by atoms with Crippen LogP contribution in [-0.2, 0) is 17.5 Å². The third-order valence-electron chi connectivity index (χ3n) is 2.59. The van der Waals surface area contributed by atoms with Crippen LogP contribution in [-0.4, -0.2) is 9.30 Å². The number of rotatable bonds is 3. The van der Waals surface area contributed by atoms with E-state index in [0.717, 1.165) is 12.1 Å². The smallest absolute Gasteiger partial charge is 0.416 e. The largest absolute Gasteiger partial charge is 0.598 e. The first-order chi connectivity index (χ1) is 8.91. The Balaban J connectivity index is 2.99. The predicted octanol–water partition coefficient (Wildman–Crippen LogP) is 3.96. The first-order valence-electron chi connectivity index (χ1n) is 5.97. The van der Waals surface area contributed by atoms with E-state index in [2.05, 4.69) is 4.72 Å². The second kappa shape index (κ2) is 5.91. The zero-order chi connectivity index (χ0) is 15.7. The summed E-state index contributed by atoms with van der Waals surface area (Å²) < 4.78 is 65.2. The van der Waals surface area contributed by atoms with Gasteiger partial charge in [-0.25, -0.2) is 4.39 Å². The fraction of sp³-hybridized carbons (Fsp3) is 0.538. The van der Waals surface area contributed by atoms with Crippen LogP contribution in [0.1, 0.15) is 44.9 Å². The zero-order valence-electron chi connectivity index (χ0n) is 11.6. The molecule has 2 atom stereocenters. The van der Waals surface area contributed by atoms with Crippen molar-refractivity contribution in [3.63, 3.8) is 0 Å². The molecule has 0 heterocycles. The summed E-state index contributed by atoms with van der Waals surface area (Å²) in [6, 6.07) is 1.65. The summed E-state index contributed by atoms with van der Waals surface area (Å²) in [7, 11) is 0. The van der Waals surface area contributed by atoms with Crippen LogP contribution in [0.2, 0.25) is 0 Å². The zero-order valence-corrected chi connectivity index (χ0v) is 12.5. The minimum absolute atomic E-state index is 0.106.